The Morgan fingerprint density at radius 2 is 2.11 bits per heavy atom. The Morgan fingerprint density at radius 3 is 2.68 bits per heavy atom. The molecule has 0 fully saturated rings. The van der Waals surface area contributed by atoms with Crippen LogP contribution < -0.4 is 0 Å². The summed E-state index contributed by atoms with van der Waals surface area (Å²) >= 11 is 0. The molecule has 0 aliphatic heterocycles. The average molecular weight is 261 g/mol. The maximum Gasteiger partial charge on any atom is 0.307 e. The summed E-state index contributed by atoms with van der Waals surface area (Å²) in [7, 11) is 1.89. The van der Waals surface area contributed by atoms with Crippen LogP contribution in [0.5, 0.6) is 0 Å². The Balaban J connectivity index is 2.67. The molecule has 0 bridgehead atoms. The van der Waals surface area contributed by atoms with Crippen molar-refractivity contribution in [1.29, 1.82) is 0 Å². The minimum Gasteiger partial charge on any atom is -0.481 e. The molecule has 19 heavy (non-hydrogen) atoms. The van der Waals surface area contributed by atoms with Crippen LogP contribution in [0.3, 0.4) is 0 Å². The molecule has 0 unspecified atom stereocenters. The summed E-state index contributed by atoms with van der Waals surface area (Å²) in [5, 5.41) is 9.92. The molecule has 2 aromatic rings. The quantitative estimate of drug-likeness (QED) is 0.915. The van der Waals surface area contributed by atoms with E-state index in [1.165, 1.54) is 0 Å². The lowest BCUT2D eigenvalue weighted by molar-refractivity contribution is -0.136. The van der Waals surface area contributed by atoms with E-state index >= 15 is 0 Å². The van der Waals surface area contributed by atoms with E-state index in [0.29, 0.717) is 5.92 Å². The van der Waals surface area contributed by atoms with Gasteiger partial charge in [0.2, 0.25) is 0 Å². The zero-order chi connectivity index (χ0) is 14.2. The largest absolute Gasteiger partial charge is 0.481 e. The monoisotopic (exact) mass is 261 g/mol. The first kappa shape index (κ1) is 13.5. The molecule has 0 spiro atoms. The van der Waals surface area contributed by atoms with Crippen molar-refractivity contribution in [3.63, 3.8) is 0 Å². The van der Waals surface area contributed by atoms with Gasteiger partial charge in [0.1, 0.15) is 11.5 Å². The van der Waals surface area contributed by atoms with Gasteiger partial charge in [-0.3, -0.25) is 4.79 Å². The Morgan fingerprint density at radius 1 is 1.42 bits per heavy atom. The average Bonchev–Trinajstić information content (AvgIpc) is 2.53. The molecule has 5 heteroatoms. The number of aromatic nitrogens is 3. The highest BCUT2D eigenvalue weighted by atomic mass is 16.4. The summed E-state index contributed by atoms with van der Waals surface area (Å²) in [6.45, 7) is 6.12. The number of hydrogen-bond donors (Lipinski definition) is 1. The predicted octanol–water partition coefficient (Wildman–Crippen LogP) is 2.10. The summed E-state index contributed by atoms with van der Waals surface area (Å²) in [4.78, 5) is 19.9. The summed E-state index contributed by atoms with van der Waals surface area (Å²) < 4.78 is 1.88. The molecule has 0 amide bonds. The van der Waals surface area contributed by atoms with Crippen LogP contribution in [-0.2, 0) is 24.7 Å². The maximum absolute atomic E-state index is 11.0. The third-order valence-electron chi connectivity index (χ3n) is 3.02. The van der Waals surface area contributed by atoms with E-state index in [-0.39, 0.29) is 6.42 Å². The summed E-state index contributed by atoms with van der Waals surface area (Å²) in [5.41, 5.74) is 2.56. The standard InChI is InChI=1S/C14H19N3O2/c1-8(2)5-11-13-10(6-12(18)19)7-17(4)14(13)16-9(3)15-11/h7-8H,5-6H2,1-4H3,(H,18,19). The summed E-state index contributed by atoms with van der Waals surface area (Å²) in [6, 6.07) is 0. The molecular weight excluding hydrogens is 242 g/mol. The molecule has 2 aromatic heterocycles. The lowest BCUT2D eigenvalue weighted by Crippen LogP contribution is -2.05. The van der Waals surface area contributed by atoms with Gasteiger partial charge in [-0.2, -0.15) is 0 Å². The minimum atomic E-state index is -0.830. The third-order valence-corrected chi connectivity index (χ3v) is 3.02. The van der Waals surface area contributed by atoms with E-state index in [1.807, 2.05) is 24.7 Å². The fourth-order valence-corrected chi connectivity index (χ4v) is 2.39. The Hall–Kier alpha value is -1.91. The van der Waals surface area contributed by atoms with Gasteiger partial charge >= 0.3 is 5.97 Å². The Kier molecular flexibility index (Phi) is 3.55. The number of fused-ring (bicyclic) bond motifs is 1. The van der Waals surface area contributed by atoms with Crippen molar-refractivity contribution in [3.05, 3.63) is 23.3 Å². The van der Waals surface area contributed by atoms with Gasteiger partial charge in [-0.15, -0.1) is 0 Å². The highest BCUT2D eigenvalue weighted by Crippen LogP contribution is 2.24. The molecule has 102 valence electrons. The predicted molar refractivity (Wildman–Crippen MR) is 73.1 cm³/mol. The van der Waals surface area contributed by atoms with Gasteiger partial charge in [0.15, 0.2) is 0 Å². The second kappa shape index (κ2) is 4.99. The van der Waals surface area contributed by atoms with Gasteiger partial charge in [0.25, 0.3) is 0 Å². The van der Waals surface area contributed by atoms with Crippen LogP contribution in [0.1, 0.15) is 30.9 Å². The number of aliphatic carboxylic acids is 1. The van der Waals surface area contributed by atoms with Crippen LogP contribution in [0.2, 0.25) is 0 Å². The Bertz CT molecular complexity index is 629. The van der Waals surface area contributed by atoms with Crippen LogP contribution >= 0.6 is 0 Å². The van der Waals surface area contributed by atoms with E-state index in [9.17, 15) is 4.79 Å². The smallest absolute Gasteiger partial charge is 0.307 e. The first-order chi connectivity index (χ1) is 8.88. The molecule has 0 saturated heterocycles. The van der Waals surface area contributed by atoms with Crippen molar-refractivity contribution in [1.82, 2.24) is 14.5 Å². The van der Waals surface area contributed by atoms with Crippen molar-refractivity contribution in [3.8, 4) is 0 Å². The molecule has 0 aliphatic rings. The lowest BCUT2D eigenvalue weighted by atomic mass is 10.0. The van der Waals surface area contributed by atoms with Crippen LogP contribution in [0.15, 0.2) is 6.20 Å². The zero-order valence-corrected chi connectivity index (χ0v) is 11.8. The molecular formula is C14H19N3O2. The van der Waals surface area contributed by atoms with Gasteiger partial charge in [0.05, 0.1) is 12.1 Å². The third kappa shape index (κ3) is 2.75. The summed E-state index contributed by atoms with van der Waals surface area (Å²) in [5.74, 6) is 0.366. The van der Waals surface area contributed by atoms with E-state index in [0.717, 1.165) is 34.5 Å². The fourth-order valence-electron chi connectivity index (χ4n) is 2.39. The number of aryl methyl sites for hydroxylation is 2. The van der Waals surface area contributed by atoms with Crippen LogP contribution in [0.4, 0.5) is 0 Å². The first-order valence-electron chi connectivity index (χ1n) is 6.41. The first-order valence-corrected chi connectivity index (χ1v) is 6.41. The molecule has 0 radical (unpaired) electrons. The topological polar surface area (TPSA) is 68.0 Å². The van der Waals surface area contributed by atoms with Crippen molar-refractivity contribution in [2.24, 2.45) is 13.0 Å². The molecule has 2 rings (SSSR count). The molecule has 0 aromatic carbocycles. The van der Waals surface area contributed by atoms with Crippen molar-refractivity contribution in [2.75, 3.05) is 0 Å². The number of carbonyl (C=O) groups is 1. The second-order valence-corrected chi connectivity index (χ2v) is 5.35. The normalized spacial score (nSPS) is 11.4. The Labute approximate surface area is 112 Å². The number of nitrogens with zero attached hydrogens (tertiary/aromatic N) is 3. The molecule has 1 N–H and O–H groups in total. The molecule has 2 heterocycles. The number of hydrogen-bond acceptors (Lipinski definition) is 3. The van der Waals surface area contributed by atoms with E-state index in [2.05, 4.69) is 23.8 Å². The van der Waals surface area contributed by atoms with E-state index < -0.39 is 5.97 Å². The molecule has 5 nitrogen and oxygen atoms in total. The molecule has 0 aliphatic carbocycles. The lowest BCUT2D eigenvalue weighted by Gasteiger charge is -2.08. The van der Waals surface area contributed by atoms with Crippen molar-refractivity contribution >= 4 is 17.0 Å². The summed E-state index contributed by atoms with van der Waals surface area (Å²) in [6.07, 6.45) is 2.68. The minimum absolute atomic E-state index is 0.00879. The molecule has 0 atom stereocenters. The van der Waals surface area contributed by atoms with Crippen LogP contribution in [-0.4, -0.2) is 25.6 Å². The zero-order valence-electron chi connectivity index (χ0n) is 11.8. The van der Waals surface area contributed by atoms with Crippen LogP contribution in [0.25, 0.3) is 11.0 Å². The number of carboxylic acids is 1. The molecule has 0 saturated carbocycles. The number of rotatable bonds is 4. The highest BCUT2D eigenvalue weighted by Gasteiger charge is 2.17. The SMILES string of the molecule is Cc1nc(CC(C)C)c2c(CC(=O)O)cn(C)c2n1. The van der Waals surface area contributed by atoms with Crippen LogP contribution in [0, 0.1) is 12.8 Å². The number of carboxylic acid groups (broad SMARTS) is 1. The maximum atomic E-state index is 11.0. The van der Waals surface area contributed by atoms with Gasteiger partial charge in [-0.25, -0.2) is 9.97 Å². The second-order valence-electron chi connectivity index (χ2n) is 5.35. The fraction of sp³-hybridized carbons (Fsp3) is 0.500. The van der Waals surface area contributed by atoms with Crippen molar-refractivity contribution in [2.45, 2.75) is 33.6 Å². The van der Waals surface area contributed by atoms with E-state index in [1.54, 1.807) is 0 Å². The van der Waals surface area contributed by atoms with Gasteiger partial charge in [0, 0.05) is 18.6 Å². The highest BCUT2D eigenvalue weighted by molar-refractivity contribution is 5.87. The van der Waals surface area contributed by atoms with Gasteiger partial charge < -0.3 is 9.67 Å². The van der Waals surface area contributed by atoms with Crippen molar-refractivity contribution < 1.29 is 9.90 Å². The van der Waals surface area contributed by atoms with Gasteiger partial charge in [-0.05, 0) is 24.8 Å². The van der Waals surface area contributed by atoms with Gasteiger partial charge in [-0.1, -0.05) is 13.8 Å². The van der Waals surface area contributed by atoms with E-state index in [4.69, 9.17) is 5.11 Å².